The van der Waals surface area contributed by atoms with Gasteiger partial charge in [0.05, 0.1) is 24.3 Å². The number of hydrogen-bond acceptors (Lipinski definition) is 5. The van der Waals surface area contributed by atoms with Crippen molar-refractivity contribution in [3.8, 4) is 0 Å². The lowest BCUT2D eigenvalue weighted by Crippen LogP contribution is -2.39. The van der Waals surface area contributed by atoms with Crippen LogP contribution in [0, 0.1) is 0 Å². The van der Waals surface area contributed by atoms with Crippen LogP contribution >= 0.6 is 12.2 Å². The third kappa shape index (κ3) is 7.40. The molecular formula is C22H31N3O4S. The maximum absolute atomic E-state index is 13.0. The number of carbonyl (C=O) groups excluding carboxylic acids is 3. The Labute approximate surface area is 183 Å². The van der Waals surface area contributed by atoms with Crippen molar-refractivity contribution >= 4 is 40.8 Å². The van der Waals surface area contributed by atoms with Gasteiger partial charge in [-0.1, -0.05) is 38.3 Å². The zero-order valence-electron chi connectivity index (χ0n) is 17.7. The molecule has 0 aromatic heterocycles. The van der Waals surface area contributed by atoms with Crippen LogP contribution in [-0.2, 0) is 14.3 Å². The maximum atomic E-state index is 13.0. The summed E-state index contributed by atoms with van der Waals surface area (Å²) in [6, 6.07) is 7.35. The van der Waals surface area contributed by atoms with Gasteiger partial charge in [-0.25, -0.2) is 0 Å². The average Bonchev–Trinajstić information content (AvgIpc) is 2.76. The minimum absolute atomic E-state index is 0.00426. The smallest absolute Gasteiger partial charge is 0.306 e. The summed E-state index contributed by atoms with van der Waals surface area (Å²) in [5, 5.41) is 5.57. The van der Waals surface area contributed by atoms with Crippen molar-refractivity contribution in [2.45, 2.75) is 64.3 Å². The molecule has 1 saturated carbocycles. The molecule has 0 aliphatic heterocycles. The van der Waals surface area contributed by atoms with Crippen LogP contribution in [0.15, 0.2) is 24.3 Å². The summed E-state index contributed by atoms with van der Waals surface area (Å²) >= 11 is 5.22. The Balaban J connectivity index is 1.92. The molecule has 1 aliphatic rings. The van der Waals surface area contributed by atoms with Crippen molar-refractivity contribution in [1.29, 1.82) is 0 Å². The van der Waals surface area contributed by atoms with E-state index < -0.39 is 5.97 Å². The molecule has 0 radical (unpaired) electrons. The van der Waals surface area contributed by atoms with E-state index in [1.807, 2.05) is 18.9 Å². The Morgan fingerprint density at radius 1 is 1.13 bits per heavy atom. The van der Waals surface area contributed by atoms with E-state index in [0.717, 1.165) is 32.1 Å². The lowest BCUT2D eigenvalue weighted by atomic mass is 9.94. The topological polar surface area (TPSA) is 87.7 Å². The molecule has 0 saturated heterocycles. The van der Waals surface area contributed by atoms with Crippen LogP contribution in [0.4, 0.5) is 5.69 Å². The Bertz CT molecular complexity index is 763. The van der Waals surface area contributed by atoms with Crippen LogP contribution in [0.2, 0.25) is 0 Å². The van der Waals surface area contributed by atoms with Gasteiger partial charge >= 0.3 is 5.97 Å². The number of nitrogens with zero attached hydrogens (tertiary/aromatic N) is 1. The average molecular weight is 434 g/mol. The lowest BCUT2D eigenvalue weighted by Gasteiger charge is -2.31. The summed E-state index contributed by atoms with van der Waals surface area (Å²) in [5.74, 6) is -0.866. The van der Waals surface area contributed by atoms with Crippen molar-refractivity contribution in [3.63, 3.8) is 0 Å². The highest BCUT2D eigenvalue weighted by atomic mass is 32.1. The first kappa shape index (κ1) is 23.8. The number of amides is 2. The second-order valence-electron chi connectivity index (χ2n) is 7.48. The Kier molecular flexibility index (Phi) is 9.73. The van der Waals surface area contributed by atoms with E-state index >= 15 is 0 Å². The summed E-state index contributed by atoms with van der Waals surface area (Å²) in [4.78, 5) is 38.4. The van der Waals surface area contributed by atoms with E-state index in [4.69, 9.17) is 17.0 Å². The van der Waals surface area contributed by atoms with Gasteiger partial charge in [-0.2, -0.15) is 0 Å². The fourth-order valence-corrected chi connectivity index (χ4v) is 3.67. The van der Waals surface area contributed by atoms with Crippen LogP contribution in [0.5, 0.6) is 0 Å². The number of ether oxygens (including phenoxy) is 1. The molecule has 0 spiro atoms. The molecule has 164 valence electrons. The zero-order valence-corrected chi connectivity index (χ0v) is 18.6. The minimum atomic E-state index is -0.410. The fourth-order valence-electron chi connectivity index (χ4n) is 3.45. The Morgan fingerprint density at radius 2 is 1.83 bits per heavy atom. The summed E-state index contributed by atoms with van der Waals surface area (Å²) in [7, 11) is 1.84. The van der Waals surface area contributed by atoms with Crippen molar-refractivity contribution in [2.24, 2.45) is 0 Å². The summed E-state index contributed by atoms with van der Waals surface area (Å²) < 4.78 is 4.95. The third-order valence-electron chi connectivity index (χ3n) is 5.12. The highest BCUT2D eigenvalue weighted by molar-refractivity contribution is 7.80. The van der Waals surface area contributed by atoms with Gasteiger partial charge in [-0.05, 0) is 43.6 Å². The molecular weight excluding hydrogens is 402 g/mol. The zero-order chi connectivity index (χ0) is 21.9. The van der Waals surface area contributed by atoms with Gasteiger partial charge in [0, 0.05) is 19.5 Å². The maximum Gasteiger partial charge on any atom is 0.306 e. The monoisotopic (exact) mass is 433 g/mol. The van der Waals surface area contributed by atoms with Crippen LogP contribution in [0.25, 0.3) is 0 Å². The summed E-state index contributed by atoms with van der Waals surface area (Å²) in [5.41, 5.74) is 1.04. The van der Waals surface area contributed by atoms with Gasteiger partial charge in [0.15, 0.2) is 5.11 Å². The number of rotatable bonds is 8. The number of esters is 1. The van der Waals surface area contributed by atoms with Crippen molar-refractivity contribution in [2.75, 3.05) is 19.0 Å². The molecule has 2 rings (SSSR count). The van der Waals surface area contributed by atoms with E-state index in [-0.39, 0.29) is 35.8 Å². The SMILES string of the molecule is CCCOC(=O)CCC(=O)NC(=S)Nc1ccccc1C(=O)N(C)C1CCCCC1. The highest BCUT2D eigenvalue weighted by Crippen LogP contribution is 2.25. The fraction of sp³-hybridized carbons (Fsp3) is 0.545. The largest absolute Gasteiger partial charge is 0.466 e. The number of thiocarbonyl (C=S) groups is 1. The van der Waals surface area contributed by atoms with E-state index in [1.54, 1.807) is 24.3 Å². The molecule has 0 heterocycles. The quantitative estimate of drug-likeness (QED) is 0.481. The third-order valence-corrected chi connectivity index (χ3v) is 5.33. The second-order valence-corrected chi connectivity index (χ2v) is 7.88. The number of hydrogen-bond donors (Lipinski definition) is 2. The van der Waals surface area contributed by atoms with E-state index in [1.165, 1.54) is 6.42 Å². The number of benzene rings is 1. The van der Waals surface area contributed by atoms with Gasteiger partial charge in [-0.3, -0.25) is 14.4 Å². The van der Waals surface area contributed by atoms with Gasteiger partial charge in [-0.15, -0.1) is 0 Å². The molecule has 1 aromatic carbocycles. The highest BCUT2D eigenvalue weighted by Gasteiger charge is 2.24. The molecule has 0 unspecified atom stereocenters. The van der Waals surface area contributed by atoms with Gasteiger partial charge in [0.1, 0.15) is 0 Å². The Morgan fingerprint density at radius 3 is 2.53 bits per heavy atom. The van der Waals surface area contributed by atoms with E-state index in [9.17, 15) is 14.4 Å². The van der Waals surface area contributed by atoms with Gasteiger partial charge in [0.2, 0.25) is 5.91 Å². The minimum Gasteiger partial charge on any atom is -0.466 e. The predicted octanol–water partition coefficient (Wildman–Crippen LogP) is 3.64. The predicted molar refractivity (Wildman–Crippen MR) is 120 cm³/mol. The van der Waals surface area contributed by atoms with Crippen molar-refractivity contribution in [3.05, 3.63) is 29.8 Å². The molecule has 2 amide bonds. The molecule has 0 bridgehead atoms. The molecule has 7 nitrogen and oxygen atoms in total. The van der Waals surface area contributed by atoms with Crippen molar-refractivity contribution < 1.29 is 19.1 Å². The molecule has 2 N–H and O–H groups in total. The first-order valence-electron chi connectivity index (χ1n) is 10.5. The van der Waals surface area contributed by atoms with E-state index in [2.05, 4.69) is 10.6 Å². The standard InChI is InChI=1S/C22H31N3O4S/c1-3-15-29-20(27)14-13-19(26)24-22(30)23-18-12-8-7-11-17(18)21(28)25(2)16-9-5-4-6-10-16/h7-8,11-12,16H,3-6,9-10,13-15H2,1-2H3,(H2,23,24,26,30). The number of para-hydroxylation sites is 1. The van der Waals surface area contributed by atoms with Gasteiger partial charge in [0.25, 0.3) is 5.91 Å². The van der Waals surface area contributed by atoms with Crippen LogP contribution < -0.4 is 10.6 Å². The van der Waals surface area contributed by atoms with Crippen molar-refractivity contribution in [1.82, 2.24) is 10.2 Å². The van der Waals surface area contributed by atoms with E-state index in [0.29, 0.717) is 17.9 Å². The summed E-state index contributed by atoms with van der Waals surface area (Å²) in [6.07, 6.45) is 6.26. The molecule has 1 aliphatic carbocycles. The number of nitrogens with one attached hydrogen (secondary N) is 2. The molecule has 8 heteroatoms. The molecule has 0 atom stereocenters. The molecule has 1 fully saturated rings. The van der Waals surface area contributed by atoms with Crippen LogP contribution in [-0.4, -0.2) is 47.5 Å². The first-order valence-corrected chi connectivity index (χ1v) is 11.0. The Hall–Kier alpha value is -2.48. The normalized spacial score (nSPS) is 13.9. The number of anilines is 1. The number of carbonyl (C=O) groups is 3. The summed E-state index contributed by atoms with van der Waals surface area (Å²) in [6.45, 7) is 2.25. The van der Waals surface area contributed by atoms with Crippen LogP contribution in [0.3, 0.4) is 0 Å². The second kappa shape index (κ2) is 12.3. The van der Waals surface area contributed by atoms with Crippen LogP contribution in [0.1, 0.15) is 68.6 Å². The van der Waals surface area contributed by atoms with Gasteiger partial charge < -0.3 is 20.3 Å². The molecule has 30 heavy (non-hydrogen) atoms. The lowest BCUT2D eigenvalue weighted by molar-refractivity contribution is -0.144. The molecule has 1 aromatic rings. The first-order chi connectivity index (χ1) is 14.4.